The number of phenols is 1. The number of aromatic nitrogens is 4. The van der Waals surface area contributed by atoms with E-state index in [-0.39, 0.29) is 29.3 Å². The van der Waals surface area contributed by atoms with E-state index in [1.165, 1.54) is 31.3 Å². The molecule has 0 radical (unpaired) electrons. The molecule has 1 aromatic carbocycles. The number of rotatable bonds is 6. The van der Waals surface area contributed by atoms with Crippen LogP contribution in [0.25, 0.3) is 11.2 Å². The van der Waals surface area contributed by atoms with Gasteiger partial charge in [-0.2, -0.15) is 4.98 Å². The Kier molecular flexibility index (Phi) is 5.36. The molecule has 0 aliphatic carbocycles. The van der Waals surface area contributed by atoms with E-state index < -0.39 is 5.25 Å². The summed E-state index contributed by atoms with van der Waals surface area (Å²) in [5.74, 6) is 0.201. The number of aromatic hydroxyl groups is 1. The van der Waals surface area contributed by atoms with Crippen LogP contribution in [0.2, 0.25) is 0 Å². The number of hydrogen-bond donors (Lipinski definition) is 4. The van der Waals surface area contributed by atoms with Crippen LogP contribution in [0, 0.1) is 5.92 Å². The summed E-state index contributed by atoms with van der Waals surface area (Å²) in [7, 11) is 1.45. The maximum absolute atomic E-state index is 12.9. The summed E-state index contributed by atoms with van der Waals surface area (Å²) in [4.78, 5) is 28.3. The molecule has 0 unspecified atom stereocenters. The van der Waals surface area contributed by atoms with Crippen molar-refractivity contribution in [2.24, 2.45) is 5.92 Å². The van der Waals surface area contributed by atoms with Crippen LogP contribution in [-0.4, -0.2) is 43.3 Å². The lowest BCUT2D eigenvalue weighted by atomic mass is 10.1. The van der Waals surface area contributed by atoms with Crippen molar-refractivity contribution in [1.29, 1.82) is 0 Å². The first-order valence-electron chi connectivity index (χ1n) is 8.20. The first kappa shape index (κ1) is 18.8. The number of benzene rings is 1. The zero-order valence-corrected chi connectivity index (χ0v) is 15.9. The van der Waals surface area contributed by atoms with Gasteiger partial charge in [0.05, 0.1) is 18.7 Å². The number of hydrogen-bond acceptors (Lipinski definition) is 8. The highest BCUT2D eigenvalue weighted by Gasteiger charge is 2.26. The zero-order chi connectivity index (χ0) is 19.6. The van der Waals surface area contributed by atoms with Gasteiger partial charge in [0, 0.05) is 11.8 Å². The molecular formula is C17H20N6O3S. The molecule has 0 saturated carbocycles. The van der Waals surface area contributed by atoms with E-state index in [4.69, 9.17) is 10.5 Å². The summed E-state index contributed by atoms with van der Waals surface area (Å²) in [5, 5.41) is 12.7. The topological polar surface area (TPSA) is 139 Å². The Bertz CT molecular complexity index is 974. The molecule has 0 spiro atoms. The van der Waals surface area contributed by atoms with Crippen LogP contribution in [0.1, 0.15) is 13.8 Å². The lowest BCUT2D eigenvalue weighted by Gasteiger charge is -2.20. The maximum atomic E-state index is 12.9. The number of nitrogens with zero attached hydrogens (tertiary/aromatic N) is 3. The summed E-state index contributed by atoms with van der Waals surface area (Å²) in [6.07, 6.45) is 1.51. The third-order valence-corrected chi connectivity index (χ3v) is 5.35. The van der Waals surface area contributed by atoms with E-state index in [2.05, 4.69) is 25.3 Å². The van der Waals surface area contributed by atoms with Crippen molar-refractivity contribution in [3.05, 3.63) is 24.5 Å². The molecule has 3 rings (SSSR count). The largest absolute Gasteiger partial charge is 0.504 e. The summed E-state index contributed by atoms with van der Waals surface area (Å²) >= 11 is 1.29. The SMILES string of the molecule is COc1cc(NC(=O)[C@@H](Sc2nc(N)nc3nc[nH]c23)C(C)C)ccc1O. The fourth-order valence-corrected chi connectivity index (χ4v) is 3.58. The normalized spacial score (nSPS) is 12.3. The highest BCUT2D eigenvalue weighted by atomic mass is 32.2. The molecule has 0 aliphatic heterocycles. The number of fused-ring (bicyclic) bond motifs is 1. The zero-order valence-electron chi connectivity index (χ0n) is 15.1. The molecule has 5 N–H and O–H groups in total. The van der Waals surface area contributed by atoms with Crippen LogP contribution in [-0.2, 0) is 4.79 Å². The second kappa shape index (κ2) is 7.70. The molecule has 2 aromatic heterocycles. The quantitative estimate of drug-likeness (QED) is 0.287. The molecule has 9 nitrogen and oxygen atoms in total. The molecule has 0 saturated heterocycles. The number of ether oxygens (including phenoxy) is 1. The standard InChI is InChI=1S/C17H20N6O3S/c1-8(2)13(15(25)21-9-4-5-10(24)11(6-9)26-3)27-16-12-14(20-7-19-12)22-17(18)23-16/h4-8,13,24H,1-3H3,(H,21,25)(H3,18,19,20,22,23)/t13-/m0/s1. The lowest BCUT2D eigenvalue weighted by Crippen LogP contribution is -2.29. The van der Waals surface area contributed by atoms with Crippen molar-refractivity contribution in [1.82, 2.24) is 19.9 Å². The number of nitrogens with two attached hydrogens (primary N) is 1. The van der Waals surface area contributed by atoms with E-state index in [0.717, 1.165) is 0 Å². The van der Waals surface area contributed by atoms with E-state index in [9.17, 15) is 9.90 Å². The Balaban J connectivity index is 1.84. The Morgan fingerprint density at radius 3 is 2.85 bits per heavy atom. The molecule has 10 heteroatoms. The first-order chi connectivity index (χ1) is 12.9. The molecule has 1 amide bonds. The number of nitrogens with one attached hydrogen (secondary N) is 2. The third kappa shape index (κ3) is 4.05. The molecule has 0 aliphatic rings. The van der Waals surface area contributed by atoms with Crippen LogP contribution < -0.4 is 15.8 Å². The van der Waals surface area contributed by atoms with E-state index in [1.807, 2.05) is 13.8 Å². The van der Waals surface area contributed by atoms with Gasteiger partial charge in [0.2, 0.25) is 11.9 Å². The Labute approximate surface area is 159 Å². The van der Waals surface area contributed by atoms with Gasteiger partial charge < -0.3 is 25.9 Å². The van der Waals surface area contributed by atoms with E-state index in [0.29, 0.717) is 21.9 Å². The number of carbonyl (C=O) groups excluding carboxylic acids is 1. The van der Waals surface area contributed by atoms with Crippen molar-refractivity contribution in [2.45, 2.75) is 24.1 Å². The first-order valence-corrected chi connectivity index (χ1v) is 9.08. The van der Waals surface area contributed by atoms with Gasteiger partial charge in [0.1, 0.15) is 10.5 Å². The lowest BCUT2D eigenvalue weighted by molar-refractivity contribution is -0.116. The number of phenolic OH excluding ortho intramolecular Hbond substituents is 1. The summed E-state index contributed by atoms with van der Waals surface area (Å²) in [6, 6.07) is 4.63. The number of amides is 1. The second-order valence-corrected chi connectivity index (χ2v) is 7.28. The fraction of sp³-hybridized carbons (Fsp3) is 0.294. The summed E-state index contributed by atoms with van der Waals surface area (Å²) < 4.78 is 5.07. The number of thioether (sulfide) groups is 1. The van der Waals surface area contributed by atoms with Crippen LogP contribution in [0.3, 0.4) is 0 Å². The van der Waals surface area contributed by atoms with Gasteiger partial charge in [-0.15, -0.1) is 0 Å². The highest BCUT2D eigenvalue weighted by molar-refractivity contribution is 8.00. The van der Waals surface area contributed by atoms with Gasteiger partial charge in [0.15, 0.2) is 17.1 Å². The van der Waals surface area contributed by atoms with Gasteiger partial charge in [-0.25, -0.2) is 9.97 Å². The van der Waals surface area contributed by atoms with E-state index >= 15 is 0 Å². The molecule has 3 aromatic rings. The van der Waals surface area contributed by atoms with Crippen molar-refractivity contribution in [3.8, 4) is 11.5 Å². The molecule has 2 heterocycles. The smallest absolute Gasteiger partial charge is 0.238 e. The Morgan fingerprint density at radius 2 is 2.15 bits per heavy atom. The molecular weight excluding hydrogens is 368 g/mol. The molecule has 0 fully saturated rings. The minimum absolute atomic E-state index is 0.00313. The molecule has 1 atom stereocenters. The minimum Gasteiger partial charge on any atom is -0.504 e. The van der Waals surface area contributed by atoms with Crippen LogP contribution in [0.5, 0.6) is 11.5 Å². The van der Waals surface area contributed by atoms with Crippen molar-refractivity contribution >= 4 is 40.5 Å². The van der Waals surface area contributed by atoms with Gasteiger partial charge in [-0.3, -0.25) is 4.79 Å². The van der Waals surface area contributed by atoms with E-state index in [1.54, 1.807) is 12.1 Å². The Hall–Kier alpha value is -3.01. The molecule has 0 bridgehead atoms. The fourth-order valence-electron chi connectivity index (χ4n) is 2.49. The van der Waals surface area contributed by atoms with Crippen molar-refractivity contribution in [3.63, 3.8) is 0 Å². The number of nitrogen functional groups attached to an aromatic ring is 1. The molecule has 27 heavy (non-hydrogen) atoms. The second-order valence-electron chi connectivity index (χ2n) is 6.15. The van der Waals surface area contributed by atoms with Crippen molar-refractivity contribution in [2.75, 3.05) is 18.2 Å². The van der Waals surface area contributed by atoms with Crippen molar-refractivity contribution < 1.29 is 14.6 Å². The maximum Gasteiger partial charge on any atom is 0.238 e. The highest BCUT2D eigenvalue weighted by Crippen LogP contribution is 2.33. The van der Waals surface area contributed by atoms with Gasteiger partial charge in [0.25, 0.3) is 0 Å². The van der Waals surface area contributed by atoms with Gasteiger partial charge in [-0.05, 0) is 18.1 Å². The van der Waals surface area contributed by atoms with Gasteiger partial charge in [-0.1, -0.05) is 25.6 Å². The third-order valence-electron chi connectivity index (χ3n) is 3.82. The van der Waals surface area contributed by atoms with Crippen LogP contribution in [0.4, 0.5) is 11.6 Å². The minimum atomic E-state index is -0.439. The number of aromatic amines is 1. The summed E-state index contributed by atoms with van der Waals surface area (Å²) in [6.45, 7) is 3.90. The average Bonchev–Trinajstić information content (AvgIpc) is 3.09. The predicted octanol–water partition coefficient (Wildman–Crippen LogP) is 2.40. The number of anilines is 2. The predicted molar refractivity (Wildman–Crippen MR) is 104 cm³/mol. The van der Waals surface area contributed by atoms with Crippen LogP contribution in [0.15, 0.2) is 29.6 Å². The number of carbonyl (C=O) groups is 1. The van der Waals surface area contributed by atoms with Crippen LogP contribution >= 0.6 is 11.8 Å². The number of methoxy groups -OCH3 is 1. The molecule has 142 valence electrons. The van der Waals surface area contributed by atoms with Gasteiger partial charge >= 0.3 is 0 Å². The number of H-pyrrole nitrogens is 1. The Morgan fingerprint density at radius 1 is 1.37 bits per heavy atom. The monoisotopic (exact) mass is 388 g/mol. The number of imidazole rings is 1. The summed E-state index contributed by atoms with van der Waals surface area (Å²) in [5.41, 5.74) is 7.37. The average molecular weight is 388 g/mol.